The van der Waals surface area contributed by atoms with Crippen LogP contribution < -0.4 is 0 Å². The van der Waals surface area contributed by atoms with Gasteiger partial charge in [0.1, 0.15) is 0 Å². The molecule has 0 aliphatic heterocycles. The molecule has 16 heavy (non-hydrogen) atoms. The van der Waals surface area contributed by atoms with E-state index >= 15 is 0 Å². The van der Waals surface area contributed by atoms with Gasteiger partial charge in [0.05, 0.1) is 17.6 Å². The second-order valence-electron chi connectivity index (χ2n) is 3.76. The van der Waals surface area contributed by atoms with E-state index < -0.39 is 0 Å². The Kier molecular flexibility index (Phi) is 2.56. The summed E-state index contributed by atoms with van der Waals surface area (Å²) in [6.45, 7) is 5.96. The molecule has 2 aromatic rings. The second kappa shape index (κ2) is 3.89. The summed E-state index contributed by atoms with van der Waals surface area (Å²) in [4.78, 5) is 15.0. The van der Waals surface area contributed by atoms with Crippen molar-refractivity contribution in [1.82, 2.24) is 14.8 Å². The van der Waals surface area contributed by atoms with Gasteiger partial charge >= 0.3 is 0 Å². The summed E-state index contributed by atoms with van der Waals surface area (Å²) in [5.41, 5.74) is 4.47. The van der Waals surface area contributed by atoms with Crippen molar-refractivity contribution >= 4 is 6.29 Å². The average Bonchev–Trinajstić information content (AvgIpc) is 2.57. The monoisotopic (exact) mass is 215 g/mol. The third-order valence-corrected chi connectivity index (χ3v) is 2.84. The molecule has 2 heterocycles. The van der Waals surface area contributed by atoms with Crippen LogP contribution in [-0.2, 0) is 0 Å². The van der Waals surface area contributed by atoms with Gasteiger partial charge in [0, 0.05) is 17.5 Å². The number of hydrogen-bond acceptors (Lipinski definition) is 3. The zero-order valence-electron chi connectivity index (χ0n) is 9.56. The molecule has 2 rings (SSSR count). The first-order valence-corrected chi connectivity index (χ1v) is 5.07. The first kappa shape index (κ1) is 10.5. The average molecular weight is 215 g/mol. The van der Waals surface area contributed by atoms with E-state index in [1.54, 1.807) is 23.1 Å². The van der Waals surface area contributed by atoms with Gasteiger partial charge < -0.3 is 0 Å². The standard InChI is InChI=1S/C12H13N3O/c1-8-9(2)14-15(10(8)3)12-6-13-5-4-11(12)7-16/h4-7H,1-3H3. The predicted molar refractivity (Wildman–Crippen MR) is 61.0 cm³/mol. The van der Waals surface area contributed by atoms with Gasteiger partial charge in [0.2, 0.25) is 0 Å². The predicted octanol–water partition coefficient (Wildman–Crippen LogP) is 2.01. The quantitative estimate of drug-likeness (QED) is 0.720. The molecule has 2 aromatic heterocycles. The van der Waals surface area contributed by atoms with Gasteiger partial charge in [-0.1, -0.05) is 0 Å². The maximum atomic E-state index is 10.9. The molecule has 0 N–H and O–H groups in total. The largest absolute Gasteiger partial charge is 0.298 e. The van der Waals surface area contributed by atoms with Crippen molar-refractivity contribution in [2.45, 2.75) is 20.8 Å². The molecular formula is C12H13N3O. The molecule has 4 heteroatoms. The molecule has 0 aromatic carbocycles. The van der Waals surface area contributed by atoms with Crippen LogP contribution in [0, 0.1) is 20.8 Å². The molecule has 0 aliphatic carbocycles. The van der Waals surface area contributed by atoms with Crippen LogP contribution in [0.4, 0.5) is 0 Å². The number of aldehydes is 1. The van der Waals surface area contributed by atoms with Gasteiger partial charge in [-0.2, -0.15) is 5.10 Å². The topological polar surface area (TPSA) is 47.8 Å². The maximum absolute atomic E-state index is 10.9. The van der Waals surface area contributed by atoms with Crippen LogP contribution in [0.15, 0.2) is 18.5 Å². The van der Waals surface area contributed by atoms with Gasteiger partial charge in [-0.25, -0.2) is 4.68 Å². The SMILES string of the molecule is Cc1nn(-c2cnccc2C=O)c(C)c1C. The lowest BCUT2D eigenvalue weighted by Gasteiger charge is -2.06. The minimum Gasteiger partial charge on any atom is -0.298 e. The fourth-order valence-corrected chi connectivity index (χ4v) is 1.63. The van der Waals surface area contributed by atoms with E-state index in [1.165, 1.54) is 0 Å². The third kappa shape index (κ3) is 1.52. The number of pyridine rings is 1. The number of nitrogens with zero attached hydrogens (tertiary/aromatic N) is 3. The second-order valence-corrected chi connectivity index (χ2v) is 3.76. The molecule has 0 unspecified atom stereocenters. The molecule has 4 nitrogen and oxygen atoms in total. The number of aryl methyl sites for hydroxylation is 1. The van der Waals surface area contributed by atoms with Crippen molar-refractivity contribution in [3.8, 4) is 5.69 Å². The van der Waals surface area contributed by atoms with Crippen LogP contribution in [0.1, 0.15) is 27.3 Å². The van der Waals surface area contributed by atoms with Crippen molar-refractivity contribution in [3.63, 3.8) is 0 Å². The van der Waals surface area contributed by atoms with E-state index in [-0.39, 0.29) is 0 Å². The lowest BCUT2D eigenvalue weighted by molar-refractivity contribution is 0.112. The Labute approximate surface area is 93.9 Å². The van der Waals surface area contributed by atoms with Gasteiger partial charge in [-0.05, 0) is 32.4 Å². The molecule has 0 fully saturated rings. The summed E-state index contributed by atoms with van der Waals surface area (Å²) < 4.78 is 1.77. The van der Waals surface area contributed by atoms with Crippen molar-refractivity contribution < 1.29 is 4.79 Å². The zero-order valence-corrected chi connectivity index (χ0v) is 9.56. The maximum Gasteiger partial charge on any atom is 0.152 e. The number of carbonyl (C=O) groups is 1. The van der Waals surface area contributed by atoms with E-state index in [4.69, 9.17) is 0 Å². The van der Waals surface area contributed by atoms with Crippen LogP contribution in [0.5, 0.6) is 0 Å². The lowest BCUT2D eigenvalue weighted by atomic mass is 10.2. The number of rotatable bonds is 2. The van der Waals surface area contributed by atoms with Gasteiger partial charge in [0.15, 0.2) is 6.29 Å². The minimum absolute atomic E-state index is 0.598. The van der Waals surface area contributed by atoms with Gasteiger partial charge in [-0.3, -0.25) is 9.78 Å². The Balaban J connectivity index is 2.67. The Morgan fingerprint density at radius 3 is 2.62 bits per heavy atom. The molecule has 0 saturated heterocycles. The van der Waals surface area contributed by atoms with Crippen LogP contribution in [0.3, 0.4) is 0 Å². The van der Waals surface area contributed by atoms with Gasteiger partial charge in [-0.15, -0.1) is 0 Å². The molecule has 0 aliphatic rings. The zero-order chi connectivity index (χ0) is 11.7. The van der Waals surface area contributed by atoms with Crippen molar-refractivity contribution in [1.29, 1.82) is 0 Å². The molecule has 0 bridgehead atoms. The Bertz CT molecular complexity index is 543. The molecule has 0 spiro atoms. The highest BCUT2D eigenvalue weighted by Crippen LogP contribution is 2.18. The normalized spacial score (nSPS) is 10.4. The van der Waals surface area contributed by atoms with Crippen LogP contribution >= 0.6 is 0 Å². The Morgan fingerprint density at radius 1 is 1.31 bits per heavy atom. The van der Waals surface area contributed by atoms with E-state index in [0.29, 0.717) is 5.56 Å². The number of carbonyl (C=O) groups excluding carboxylic acids is 1. The van der Waals surface area contributed by atoms with Crippen molar-refractivity contribution in [3.05, 3.63) is 41.0 Å². The highest BCUT2D eigenvalue weighted by molar-refractivity contribution is 5.80. The minimum atomic E-state index is 0.598. The van der Waals surface area contributed by atoms with Crippen LogP contribution in [0.2, 0.25) is 0 Å². The molecule has 82 valence electrons. The summed E-state index contributed by atoms with van der Waals surface area (Å²) in [5, 5.41) is 4.41. The Hall–Kier alpha value is -1.97. The summed E-state index contributed by atoms with van der Waals surface area (Å²) in [6, 6.07) is 1.69. The third-order valence-electron chi connectivity index (χ3n) is 2.84. The van der Waals surface area contributed by atoms with Crippen LogP contribution in [-0.4, -0.2) is 21.1 Å². The van der Waals surface area contributed by atoms with E-state index in [2.05, 4.69) is 10.1 Å². The molecule has 0 atom stereocenters. The Morgan fingerprint density at radius 2 is 2.06 bits per heavy atom. The van der Waals surface area contributed by atoms with E-state index in [9.17, 15) is 4.79 Å². The summed E-state index contributed by atoms with van der Waals surface area (Å²) >= 11 is 0. The number of aromatic nitrogens is 3. The molecule has 0 radical (unpaired) electrons. The summed E-state index contributed by atoms with van der Waals surface area (Å²) in [7, 11) is 0. The lowest BCUT2D eigenvalue weighted by Crippen LogP contribution is -2.03. The fourth-order valence-electron chi connectivity index (χ4n) is 1.63. The molecule has 0 amide bonds. The smallest absolute Gasteiger partial charge is 0.152 e. The first-order chi connectivity index (χ1) is 7.65. The summed E-state index contributed by atoms with van der Waals surface area (Å²) in [5.74, 6) is 0. The highest BCUT2D eigenvalue weighted by Gasteiger charge is 2.11. The summed E-state index contributed by atoms with van der Waals surface area (Å²) in [6.07, 6.45) is 4.08. The number of hydrogen-bond donors (Lipinski definition) is 0. The molecule has 0 saturated carbocycles. The molecular weight excluding hydrogens is 202 g/mol. The fraction of sp³-hybridized carbons (Fsp3) is 0.250. The highest BCUT2D eigenvalue weighted by atomic mass is 16.1. The van der Waals surface area contributed by atoms with E-state index in [0.717, 1.165) is 28.9 Å². The van der Waals surface area contributed by atoms with Crippen molar-refractivity contribution in [2.24, 2.45) is 0 Å². The van der Waals surface area contributed by atoms with Crippen LogP contribution in [0.25, 0.3) is 5.69 Å². The van der Waals surface area contributed by atoms with Gasteiger partial charge in [0.25, 0.3) is 0 Å². The van der Waals surface area contributed by atoms with Crippen molar-refractivity contribution in [2.75, 3.05) is 0 Å². The van der Waals surface area contributed by atoms with E-state index in [1.807, 2.05) is 20.8 Å². The first-order valence-electron chi connectivity index (χ1n) is 5.07.